The van der Waals surface area contributed by atoms with Crippen LogP contribution in [0.5, 0.6) is 11.6 Å². The van der Waals surface area contributed by atoms with Gasteiger partial charge in [-0.15, -0.1) is 0 Å². The number of ether oxygens (including phenoxy) is 1. The fourth-order valence-corrected chi connectivity index (χ4v) is 1.43. The number of aromatic nitrogens is 1. The van der Waals surface area contributed by atoms with Gasteiger partial charge in [0, 0.05) is 6.20 Å². The molecule has 1 aromatic carbocycles. The number of carbonyl (C=O) groups is 1. The third-order valence-corrected chi connectivity index (χ3v) is 2.35. The fraction of sp³-hybridized carbons (Fsp3) is 0.0769. The van der Waals surface area contributed by atoms with Gasteiger partial charge in [-0.2, -0.15) is 0 Å². The van der Waals surface area contributed by atoms with Crippen molar-refractivity contribution in [3.63, 3.8) is 0 Å². The van der Waals surface area contributed by atoms with E-state index in [0.29, 0.717) is 11.3 Å². The van der Waals surface area contributed by atoms with Crippen LogP contribution in [0.25, 0.3) is 0 Å². The van der Waals surface area contributed by atoms with Crippen molar-refractivity contribution in [3.8, 4) is 11.6 Å². The van der Waals surface area contributed by atoms with Crippen LogP contribution < -0.4 is 4.74 Å². The maximum absolute atomic E-state index is 13.1. The van der Waals surface area contributed by atoms with Crippen LogP contribution in [0.1, 0.15) is 15.9 Å². The molecule has 0 atom stereocenters. The molecule has 92 valence electrons. The van der Waals surface area contributed by atoms with Crippen LogP contribution in [0.2, 0.25) is 0 Å². The summed E-state index contributed by atoms with van der Waals surface area (Å²) < 4.78 is 18.4. The van der Waals surface area contributed by atoms with Gasteiger partial charge in [-0.3, -0.25) is 0 Å². The van der Waals surface area contributed by atoms with Crippen LogP contribution in [-0.2, 0) is 0 Å². The van der Waals surface area contributed by atoms with Crippen molar-refractivity contribution in [2.24, 2.45) is 0 Å². The van der Waals surface area contributed by atoms with E-state index < -0.39 is 5.97 Å². The molecule has 0 radical (unpaired) electrons. The van der Waals surface area contributed by atoms with Gasteiger partial charge >= 0.3 is 5.97 Å². The highest BCUT2D eigenvalue weighted by Crippen LogP contribution is 2.24. The van der Waals surface area contributed by atoms with Crippen molar-refractivity contribution in [3.05, 3.63) is 53.5 Å². The maximum atomic E-state index is 13.1. The highest BCUT2D eigenvalue weighted by Gasteiger charge is 2.12. The topological polar surface area (TPSA) is 59.4 Å². The number of aryl methyl sites for hydroxylation is 1. The summed E-state index contributed by atoms with van der Waals surface area (Å²) in [5, 5.41) is 8.96. The normalized spacial score (nSPS) is 10.1. The minimum atomic E-state index is -1.13. The average molecular weight is 247 g/mol. The van der Waals surface area contributed by atoms with Gasteiger partial charge in [0.05, 0.1) is 0 Å². The van der Waals surface area contributed by atoms with Gasteiger partial charge in [-0.05, 0) is 42.8 Å². The number of carboxylic acid groups (broad SMARTS) is 1. The molecule has 18 heavy (non-hydrogen) atoms. The summed E-state index contributed by atoms with van der Waals surface area (Å²) in [6.45, 7) is 1.60. The first-order valence-electron chi connectivity index (χ1n) is 5.20. The number of aromatic carboxylic acids is 1. The zero-order valence-corrected chi connectivity index (χ0v) is 9.55. The summed E-state index contributed by atoms with van der Waals surface area (Å²) in [6.07, 6.45) is 1.43. The van der Waals surface area contributed by atoms with Crippen molar-refractivity contribution < 1.29 is 19.0 Å². The Balaban J connectivity index is 2.34. The molecule has 0 unspecified atom stereocenters. The molecule has 0 aliphatic rings. The van der Waals surface area contributed by atoms with Crippen molar-refractivity contribution >= 4 is 5.97 Å². The van der Waals surface area contributed by atoms with E-state index in [2.05, 4.69) is 4.98 Å². The van der Waals surface area contributed by atoms with Crippen LogP contribution in [-0.4, -0.2) is 16.1 Å². The largest absolute Gasteiger partial charge is 0.477 e. The summed E-state index contributed by atoms with van der Waals surface area (Å²) in [7, 11) is 0. The predicted molar refractivity (Wildman–Crippen MR) is 62.4 cm³/mol. The molecule has 0 aliphatic heterocycles. The van der Waals surface area contributed by atoms with Gasteiger partial charge in [-0.1, -0.05) is 0 Å². The molecule has 4 nitrogen and oxygen atoms in total. The van der Waals surface area contributed by atoms with E-state index in [1.54, 1.807) is 6.92 Å². The monoisotopic (exact) mass is 247 g/mol. The molecule has 5 heteroatoms. The molecule has 0 bridgehead atoms. The predicted octanol–water partition coefficient (Wildman–Crippen LogP) is 3.02. The second kappa shape index (κ2) is 4.83. The molecule has 0 amide bonds. The number of pyridine rings is 1. The van der Waals surface area contributed by atoms with Crippen molar-refractivity contribution in [2.45, 2.75) is 6.92 Å². The van der Waals surface area contributed by atoms with E-state index in [4.69, 9.17) is 9.84 Å². The number of hydrogen-bond donors (Lipinski definition) is 1. The molecule has 0 aliphatic carbocycles. The summed E-state index contributed by atoms with van der Waals surface area (Å²) in [5.74, 6) is -1.15. The van der Waals surface area contributed by atoms with Crippen LogP contribution >= 0.6 is 0 Å². The zero-order valence-electron chi connectivity index (χ0n) is 9.55. The standard InChI is InChI=1S/C13H10FNO3/c1-8-7-9(4-5-11(8)14)18-12-10(13(16)17)3-2-6-15-12/h2-7H,1H3,(H,16,17). The lowest BCUT2D eigenvalue weighted by Crippen LogP contribution is -2.01. The van der Waals surface area contributed by atoms with Crippen molar-refractivity contribution in [2.75, 3.05) is 0 Å². The Kier molecular flexibility index (Phi) is 3.23. The van der Waals surface area contributed by atoms with Crippen LogP contribution in [0.15, 0.2) is 36.5 Å². The van der Waals surface area contributed by atoms with E-state index in [1.807, 2.05) is 0 Å². The first-order chi connectivity index (χ1) is 8.58. The molecular weight excluding hydrogens is 237 g/mol. The number of hydrogen-bond acceptors (Lipinski definition) is 3. The van der Waals surface area contributed by atoms with Gasteiger partial charge in [0.1, 0.15) is 17.1 Å². The van der Waals surface area contributed by atoms with E-state index in [1.165, 1.54) is 36.5 Å². The van der Waals surface area contributed by atoms with Gasteiger partial charge < -0.3 is 9.84 Å². The smallest absolute Gasteiger partial charge is 0.341 e. The lowest BCUT2D eigenvalue weighted by atomic mass is 10.2. The second-order valence-electron chi connectivity index (χ2n) is 3.67. The van der Waals surface area contributed by atoms with Crippen molar-refractivity contribution in [1.82, 2.24) is 4.98 Å². The summed E-state index contributed by atoms with van der Waals surface area (Å²) in [5.41, 5.74) is 0.375. The van der Waals surface area contributed by atoms with Gasteiger partial charge in [-0.25, -0.2) is 14.2 Å². The molecule has 0 saturated heterocycles. The Morgan fingerprint density at radius 1 is 1.39 bits per heavy atom. The van der Waals surface area contributed by atoms with Crippen LogP contribution in [0.4, 0.5) is 4.39 Å². The summed E-state index contributed by atoms with van der Waals surface area (Å²) >= 11 is 0. The third-order valence-electron chi connectivity index (χ3n) is 2.35. The zero-order chi connectivity index (χ0) is 13.1. The Bertz CT molecular complexity index is 599. The molecule has 1 aromatic heterocycles. The number of rotatable bonds is 3. The van der Waals surface area contributed by atoms with Crippen LogP contribution in [0.3, 0.4) is 0 Å². The van der Waals surface area contributed by atoms with E-state index in [-0.39, 0.29) is 17.3 Å². The minimum Gasteiger partial charge on any atom is -0.477 e. The average Bonchev–Trinajstić information content (AvgIpc) is 2.34. The molecule has 1 heterocycles. The Labute approximate surface area is 103 Å². The van der Waals surface area contributed by atoms with E-state index in [0.717, 1.165) is 0 Å². The van der Waals surface area contributed by atoms with Gasteiger partial charge in [0.15, 0.2) is 0 Å². The molecule has 0 saturated carbocycles. The van der Waals surface area contributed by atoms with Crippen molar-refractivity contribution in [1.29, 1.82) is 0 Å². The quantitative estimate of drug-likeness (QED) is 0.905. The number of carboxylic acids is 1. The Morgan fingerprint density at radius 3 is 2.83 bits per heavy atom. The lowest BCUT2D eigenvalue weighted by Gasteiger charge is -2.07. The lowest BCUT2D eigenvalue weighted by molar-refractivity contribution is 0.0693. The molecular formula is C13H10FNO3. The van der Waals surface area contributed by atoms with Gasteiger partial charge in [0.25, 0.3) is 0 Å². The Hall–Kier alpha value is -2.43. The fourth-order valence-electron chi connectivity index (χ4n) is 1.43. The highest BCUT2D eigenvalue weighted by atomic mass is 19.1. The third kappa shape index (κ3) is 2.45. The number of halogens is 1. The first kappa shape index (κ1) is 12.0. The number of nitrogens with zero attached hydrogens (tertiary/aromatic N) is 1. The SMILES string of the molecule is Cc1cc(Oc2ncccc2C(=O)O)ccc1F. The first-order valence-corrected chi connectivity index (χ1v) is 5.20. The molecule has 0 spiro atoms. The second-order valence-corrected chi connectivity index (χ2v) is 3.67. The van der Waals surface area contributed by atoms with E-state index >= 15 is 0 Å². The highest BCUT2D eigenvalue weighted by molar-refractivity contribution is 5.90. The molecule has 2 rings (SSSR count). The summed E-state index contributed by atoms with van der Waals surface area (Å²) in [4.78, 5) is 14.8. The minimum absolute atomic E-state index is 0.0176. The number of benzene rings is 1. The van der Waals surface area contributed by atoms with Crippen LogP contribution in [0, 0.1) is 12.7 Å². The van der Waals surface area contributed by atoms with E-state index in [9.17, 15) is 9.18 Å². The Morgan fingerprint density at radius 2 is 2.17 bits per heavy atom. The molecule has 0 fully saturated rings. The summed E-state index contributed by atoms with van der Waals surface area (Å²) in [6, 6.07) is 7.06. The van der Waals surface area contributed by atoms with Gasteiger partial charge in [0.2, 0.25) is 5.88 Å². The maximum Gasteiger partial charge on any atom is 0.341 e. The molecule has 2 aromatic rings. The molecule has 1 N–H and O–H groups in total.